The largest absolute Gasteiger partial charge is 0.497 e. The third-order valence-corrected chi connectivity index (χ3v) is 5.25. The van der Waals surface area contributed by atoms with E-state index in [2.05, 4.69) is 0 Å². The number of benzene rings is 1. The van der Waals surface area contributed by atoms with E-state index >= 15 is 0 Å². The second-order valence-corrected chi connectivity index (χ2v) is 6.83. The number of carbonyl (C=O) groups is 2. The van der Waals surface area contributed by atoms with Gasteiger partial charge in [-0.05, 0) is 35.6 Å². The Morgan fingerprint density at radius 1 is 1.33 bits per heavy atom. The number of ether oxygens (including phenoxy) is 1. The Balaban J connectivity index is 1.97. The second kappa shape index (κ2) is 7.05. The number of piperidine rings is 1. The molecule has 1 aliphatic heterocycles. The average molecular weight is 345 g/mol. The number of nitrogens with zero attached hydrogens (tertiary/aromatic N) is 1. The summed E-state index contributed by atoms with van der Waals surface area (Å²) >= 11 is 1.57. The van der Waals surface area contributed by atoms with Gasteiger partial charge in [-0.2, -0.15) is 0 Å². The van der Waals surface area contributed by atoms with Gasteiger partial charge in [-0.25, -0.2) is 0 Å². The van der Waals surface area contributed by atoms with Gasteiger partial charge in [0.05, 0.1) is 25.6 Å². The van der Waals surface area contributed by atoms with Crippen LogP contribution in [0.2, 0.25) is 0 Å². The molecule has 0 bridgehead atoms. The molecule has 1 amide bonds. The summed E-state index contributed by atoms with van der Waals surface area (Å²) in [5, 5.41) is 11.6. The van der Waals surface area contributed by atoms with Crippen LogP contribution in [0.15, 0.2) is 41.8 Å². The molecular formula is C18H19NO4S. The van der Waals surface area contributed by atoms with Crippen molar-refractivity contribution in [2.24, 2.45) is 5.92 Å². The van der Waals surface area contributed by atoms with Crippen molar-refractivity contribution < 1.29 is 19.4 Å². The molecule has 2 heterocycles. The molecule has 2 aromatic rings. The van der Waals surface area contributed by atoms with Gasteiger partial charge in [0.25, 0.3) is 0 Å². The maximum absolute atomic E-state index is 12.5. The molecule has 126 valence electrons. The number of hydrogen-bond donors (Lipinski definition) is 1. The van der Waals surface area contributed by atoms with Crippen molar-refractivity contribution in [3.63, 3.8) is 0 Å². The Kier molecular flexibility index (Phi) is 4.85. The lowest BCUT2D eigenvalue weighted by molar-refractivity contribution is -0.152. The van der Waals surface area contributed by atoms with Crippen molar-refractivity contribution >= 4 is 23.2 Å². The van der Waals surface area contributed by atoms with Crippen LogP contribution in [0.25, 0.3) is 0 Å². The van der Waals surface area contributed by atoms with Gasteiger partial charge in [-0.3, -0.25) is 9.59 Å². The van der Waals surface area contributed by atoms with Gasteiger partial charge >= 0.3 is 5.97 Å². The summed E-state index contributed by atoms with van der Waals surface area (Å²) in [7, 11) is 1.59. The van der Waals surface area contributed by atoms with Crippen LogP contribution in [0.4, 0.5) is 0 Å². The Bertz CT molecular complexity index is 711. The molecule has 24 heavy (non-hydrogen) atoms. The van der Waals surface area contributed by atoms with Crippen LogP contribution in [0.5, 0.6) is 5.75 Å². The van der Waals surface area contributed by atoms with E-state index in [0.717, 1.165) is 10.4 Å². The van der Waals surface area contributed by atoms with Gasteiger partial charge < -0.3 is 14.7 Å². The number of methoxy groups -OCH3 is 1. The molecule has 1 aromatic heterocycles. The minimum absolute atomic E-state index is 0.00159. The second-order valence-electron chi connectivity index (χ2n) is 5.80. The smallest absolute Gasteiger partial charge is 0.308 e. The minimum Gasteiger partial charge on any atom is -0.497 e. The van der Waals surface area contributed by atoms with Crippen molar-refractivity contribution in [3.05, 3.63) is 52.2 Å². The number of hydrogen-bond acceptors (Lipinski definition) is 4. The van der Waals surface area contributed by atoms with E-state index in [-0.39, 0.29) is 12.3 Å². The number of amides is 1. The van der Waals surface area contributed by atoms with E-state index in [4.69, 9.17) is 4.74 Å². The predicted molar refractivity (Wildman–Crippen MR) is 91.0 cm³/mol. The van der Waals surface area contributed by atoms with E-state index in [0.29, 0.717) is 18.7 Å². The standard InChI is InChI=1S/C18H19NO4S/c1-23-13-6-4-12(5-7-13)17-15(18(21)22)8-9-16(20)19(17)11-14-3-2-10-24-14/h2-7,10,15,17H,8-9,11H2,1H3,(H,21,22)/t15-,17-/m0/s1. The molecule has 2 atom stereocenters. The lowest BCUT2D eigenvalue weighted by Gasteiger charge is -2.39. The monoisotopic (exact) mass is 345 g/mol. The van der Waals surface area contributed by atoms with Gasteiger partial charge in [0.1, 0.15) is 5.75 Å². The van der Waals surface area contributed by atoms with Gasteiger partial charge in [0.2, 0.25) is 5.91 Å². The third kappa shape index (κ3) is 3.28. The topological polar surface area (TPSA) is 66.8 Å². The first-order valence-electron chi connectivity index (χ1n) is 7.78. The molecule has 1 saturated heterocycles. The van der Waals surface area contributed by atoms with Crippen molar-refractivity contribution in [2.45, 2.75) is 25.4 Å². The van der Waals surface area contributed by atoms with Crippen LogP contribution in [0.1, 0.15) is 29.3 Å². The number of carboxylic acid groups (broad SMARTS) is 1. The van der Waals surface area contributed by atoms with Crippen LogP contribution in [0.3, 0.4) is 0 Å². The normalized spacial score (nSPS) is 20.9. The van der Waals surface area contributed by atoms with Gasteiger partial charge in [0, 0.05) is 11.3 Å². The zero-order valence-corrected chi connectivity index (χ0v) is 14.2. The Hall–Kier alpha value is -2.34. The number of carboxylic acids is 1. The van der Waals surface area contributed by atoms with Crippen LogP contribution in [-0.4, -0.2) is 29.0 Å². The van der Waals surface area contributed by atoms with Crippen molar-refractivity contribution in [3.8, 4) is 5.75 Å². The molecular weight excluding hydrogens is 326 g/mol. The molecule has 0 aliphatic carbocycles. The molecule has 0 saturated carbocycles. The highest BCUT2D eigenvalue weighted by Crippen LogP contribution is 2.38. The zero-order chi connectivity index (χ0) is 17.1. The first kappa shape index (κ1) is 16.5. The van der Waals surface area contributed by atoms with E-state index in [9.17, 15) is 14.7 Å². The molecule has 1 aromatic carbocycles. The van der Waals surface area contributed by atoms with Crippen molar-refractivity contribution in [1.29, 1.82) is 0 Å². The number of carbonyl (C=O) groups excluding carboxylic acids is 1. The first-order valence-corrected chi connectivity index (χ1v) is 8.66. The van der Waals surface area contributed by atoms with E-state index < -0.39 is 17.9 Å². The van der Waals surface area contributed by atoms with Crippen LogP contribution < -0.4 is 4.74 Å². The molecule has 0 radical (unpaired) electrons. The van der Waals surface area contributed by atoms with E-state index in [1.165, 1.54) is 0 Å². The van der Waals surface area contributed by atoms with E-state index in [1.807, 2.05) is 29.6 Å². The Morgan fingerprint density at radius 2 is 2.08 bits per heavy atom. The highest BCUT2D eigenvalue weighted by atomic mass is 32.1. The van der Waals surface area contributed by atoms with Crippen molar-refractivity contribution in [2.75, 3.05) is 7.11 Å². The summed E-state index contributed by atoms with van der Waals surface area (Å²) in [6.45, 7) is 0.441. The maximum atomic E-state index is 12.5. The molecule has 0 spiro atoms. The fraction of sp³-hybridized carbons (Fsp3) is 0.333. The molecule has 5 nitrogen and oxygen atoms in total. The Labute approximate surface area is 144 Å². The molecule has 0 unspecified atom stereocenters. The Morgan fingerprint density at radius 3 is 2.67 bits per heavy atom. The molecule has 1 aliphatic rings. The number of thiophene rings is 1. The van der Waals surface area contributed by atoms with E-state index in [1.54, 1.807) is 35.5 Å². The third-order valence-electron chi connectivity index (χ3n) is 4.39. The summed E-state index contributed by atoms with van der Waals surface area (Å²) in [4.78, 5) is 27.0. The highest BCUT2D eigenvalue weighted by molar-refractivity contribution is 7.09. The molecule has 1 fully saturated rings. The van der Waals surface area contributed by atoms with Crippen LogP contribution >= 0.6 is 11.3 Å². The molecule has 6 heteroatoms. The van der Waals surface area contributed by atoms with Crippen LogP contribution in [-0.2, 0) is 16.1 Å². The summed E-state index contributed by atoms with van der Waals surface area (Å²) in [5.41, 5.74) is 0.827. The fourth-order valence-corrected chi connectivity index (χ4v) is 3.88. The zero-order valence-electron chi connectivity index (χ0n) is 13.3. The first-order chi connectivity index (χ1) is 11.6. The number of aliphatic carboxylic acids is 1. The minimum atomic E-state index is -0.862. The van der Waals surface area contributed by atoms with Gasteiger partial charge in [0.15, 0.2) is 0 Å². The SMILES string of the molecule is COc1ccc([C@H]2[C@@H](C(=O)O)CCC(=O)N2Cc2cccs2)cc1. The average Bonchev–Trinajstić information content (AvgIpc) is 3.09. The fourth-order valence-electron chi connectivity index (χ4n) is 3.18. The maximum Gasteiger partial charge on any atom is 0.308 e. The number of likely N-dealkylation sites (tertiary alicyclic amines) is 1. The quantitative estimate of drug-likeness (QED) is 0.903. The summed E-state index contributed by atoms with van der Waals surface area (Å²) in [6, 6.07) is 10.7. The van der Waals surface area contributed by atoms with Gasteiger partial charge in [-0.15, -0.1) is 11.3 Å². The molecule has 1 N–H and O–H groups in total. The van der Waals surface area contributed by atoms with Crippen molar-refractivity contribution in [1.82, 2.24) is 4.90 Å². The summed E-state index contributed by atoms with van der Waals surface area (Å²) < 4.78 is 5.17. The highest BCUT2D eigenvalue weighted by Gasteiger charge is 2.40. The summed E-state index contributed by atoms with van der Waals surface area (Å²) in [5.74, 6) is -0.755. The van der Waals surface area contributed by atoms with Gasteiger partial charge in [-0.1, -0.05) is 18.2 Å². The van der Waals surface area contributed by atoms with Crippen LogP contribution in [0, 0.1) is 5.92 Å². The predicted octanol–water partition coefficient (Wildman–Crippen LogP) is 3.32. The summed E-state index contributed by atoms with van der Waals surface area (Å²) in [6.07, 6.45) is 0.640. The molecule has 3 rings (SSSR count). The lowest BCUT2D eigenvalue weighted by atomic mass is 9.84. The number of rotatable bonds is 5. The lowest BCUT2D eigenvalue weighted by Crippen LogP contribution is -2.44.